The van der Waals surface area contributed by atoms with E-state index in [4.69, 9.17) is 4.42 Å². The van der Waals surface area contributed by atoms with Crippen molar-refractivity contribution in [2.24, 2.45) is 0 Å². The molecule has 1 atom stereocenters. The molecule has 0 aliphatic heterocycles. The summed E-state index contributed by atoms with van der Waals surface area (Å²) in [7, 11) is 0. The van der Waals surface area contributed by atoms with Crippen LogP contribution < -0.4 is 5.32 Å². The first-order valence-electron chi connectivity index (χ1n) is 9.32. The molecule has 0 radical (unpaired) electrons. The maximum Gasteiger partial charge on any atom is 0.251 e. The molecule has 1 heterocycles. The second-order valence-electron chi connectivity index (χ2n) is 6.76. The first kappa shape index (κ1) is 19.4. The maximum atomic E-state index is 12.9. The summed E-state index contributed by atoms with van der Waals surface area (Å²) < 4.78 is 5.42. The summed E-state index contributed by atoms with van der Waals surface area (Å²) in [6.45, 7) is 2.71. The minimum absolute atomic E-state index is 0.0406. The summed E-state index contributed by atoms with van der Waals surface area (Å²) in [4.78, 5) is 27.0. The van der Waals surface area contributed by atoms with Gasteiger partial charge in [0.15, 0.2) is 0 Å². The van der Waals surface area contributed by atoms with Gasteiger partial charge < -0.3 is 14.6 Å². The van der Waals surface area contributed by atoms with Crippen molar-refractivity contribution in [3.63, 3.8) is 0 Å². The van der Waals surface area contributed by atoms with Crippen molar-refractivity contribution in [3.8, 4) is 0 Å². The van der Waals surface area contributed by atoms with Crippen LogP contribution in [-0.2, 0) is 17.9 Å². The fourth-order valence-corrected chi connectivity index (χ4v) is 2.97. The van der Waals surface area contributed by atoms with Gasteiger partial charge in [0.2, 0.25) is 5.91 Å². The van der Waals surface area contributed by atoms with Crippen molar-refractivity contribution >= 4 is 11.8 Å². The second-order valence-corrected chi connectivity index (χ2v) is 6.76. The highest BCUT2D eigenvalue weighted by molar-refractivity contribution is 5.94. The standard InChI is InChI=1S/C23H24N2O3/c1-18(24-23(27)20-11-6-3-7-12-20)15-22(26)25(17-21-13-8-14-28-21)16-19-9-4-2-5-10-19/h2-14,18H,15-17H2,1H3,(H,24,27). The number of amides is 2. The highest BCUT2D eigenvalue weighted by Gasteiger charge is 2.20. The van der Waals surface area contributed by atoms with Gasteiger partial charge in [-0.05, 0) is 36.8 Å². The third kappa shape index (κ3) is 5.58. The molecular weight excluding hydrogens is 352 g/mol. The Bertz CT molecular complexity index is 877. The lowest BCUT2D eigenvalue weighted by atomic mass is 10.1. The molecule has 3 aromatic rings. The first-order chi connectivity index (χ1) is 13.6. The molecule has 0 saturated heterocycles. The summed E-state index contributed by atoms with van der Waals surface area (Å²) in [5.41, 5.74) is 1.63. The van der Waals surface area contributed by atoms with Crippen molar-refractivity contribution in [1.82, 2.24) is 10.2 Å². The number of nitrogens with one attached hydrogen (secondary N) is 1. The minimum Gasteiger partial charge on any atom is -0.467 e. The number of benzene rings is 2. The normalized spacial score (nSPS) is 11.6. The van der Waals surface area contributed by atoms with Crippen molar-refractivity contribution in [1.29, 1.82) is 0 Å². The van der Waals surface area contributed by atoms with Gasteiger partial charge in [-0.2, -0.15) is 0 Å². The topological polar surface area (TPSA) is 62.6 Å². The second kappa shape index (κ2) is 9.55. The van der Waals surface area contributed by atoms with Crippen molar-refractivity contribution in [3.05, 3.63) is 95.9 Å². The van der Waals surface area contributed by atoms with Crippen molar-refractivity contribution in [2.75, 3.05) is 0 Å². The van der Waals surface area contributed by atoms with Crippen LogP contribution in [0.15, 0.2) is 83.5 Å². The third-order valence-electron chi connectivity index (χ3n) is 4.39. The number of carbonyl (C=O) groups excluding carboxylic acids is 2. The minimum atomic E-state index is -0.282. The molecule has 0 fully saturated rings. The van der Waals surface area contributed by atoms with Gasteiger partial charge in [0.1, 0.15) is 5.76 Å². The predicted molar refractivity (Wildman–Crippen MR) is 107 cm³/mol. The quantitative estimate of drug-likeness (QED) is 0.646. The van der Waals surface area contributed by atoms with Crippen LogP contribution in [-0.4, -0.2) is 22.8 Å². The Morgan fingerprint density at radius 3 is 2.25 bits per heavy atom. The molecule has 5 heteroatoms. The van der Waals surface area contributed by atoms with Crippen LogP contribution in [0.5, 0.6) is 0 Å². The highest BCUT2D eigenvalue weighted by atomic mass is 16.3. The zero-order valence-electron chi connectivity index (χ0n) is 15.9. The van der Waals surface area contributed by atoms with Gasteiger partial charge in [0.25, 0.3) is 5.91 Å². The van der Waals surface area contributed by atoms with E-state index in [0.29, 0.717) is 18.7 Å². The van der Waals surface area contributed by atoms with Crippen LogP contribution in [0.4, 0.5) is 0 Å². The van der Waals surface area contributed by atoms with Crippen LogP contribution in [0.2, 0.25) is 0 Å². The largest absolute Gasteiger partial charge is 0.467 e. The molecule has 0 bridgehead atoms. The molecule has 3 rings (SSSR count). The summed E-state index contributed by atoms with van der Waals surface area (Å²) in [6, 6.07) is 22.2. The van der Waals surface area contributed by atoms with Crippen LogP contribution >= 0.6 is 0 Å². The van der Waals surface area contributed by atoms with Gasteiger partial charge in [0, 0.05) is 24.6 Å². The number of hydrogen-bond donors (Lipinski definition) is 1. The number of nitrogens with zero attached hydrogens (tertiary/aromatic N) is 1. The summed E-state index contributed by atoms with van der Waals surface area (Å²) in [5.74, 6) is 0.507. The Morgan fingerprint density at radius 2 is 1.61 bits per heavy atom. The molecule has 0 saturated carbocycles. The van der Waals surface area contributed by atoms with E-state index in [1.54, 1.807) is 23.3 Å². The van der Waals surface area contributed by atoms with Gasteiger partial charge in [-0.15, -0.1) is 0 Å². The molecule has 28 heavy (non-hydrogen) atoms. The van der Waals surface area contributed by atoms with E-state index in [0.717, 1.165) is 11.3 Å². The molecule has 2 aromatic carbocycles. The van der Waals surface area contributed by atoms with Crippen LogP contribution in [0.3, 0.4) is 0 Å². The average molecular weight is 376 g/mol. The fourth-order valence-electron chi connectivity index (χ4n) is 2.97. The smallest absolute Gasteiger partial charge is 0.251 e. The molecule has 1 N–H and O–H groups in total. The number of hydrogen-bond acceptors (Lipinski definition) is 3. The molecule has 144 valence electrons. The molecule has 2 amide bonds. The van der Waals surface area contributed by atoms with E-state index in [2.05, 4.69) is 5.32 Å². The molecule has 0 aliphatic rings. The van der Waals surface area contributed by atoms with Gasteiger partial charge >= 0.3 is 0 Å². The Kier molecular flexibility index (Phi) is 6.63. The van der Waals surface area contributed by atoms with Crippen LogP contribution in [0.25, 0.3) is 0 Å². The Labute approximate surface area is 165 Å². The van der Waals surface area contributed by atoms with E-state index >= 15 is 0 Å². The van der Waals surface area contributed by atoms with E-state index in [1.807, 2.05) is 67.6 Å². The van der Waals surface area contributed by atoms with Gasteiger partial charge in [-0.25, -0.2) is 0 Å². The number of carbonyl (C=O) groups is 2. The summed E-state index contributed by atoms with van der Waals surface area (Å²) in [6.07, 6.45) is 1.81. The monoisotopic (exact) mass is 376 g/mol. The Balaban J connectivity index is 1.63. The first-order valence-corrected chi connectivity index (χ1v) is 9.32. The molecular formula is C23H24N2O3. The van der Waals surface area contributed by atoms with Crippen LogP contribution in [0.1, 0.15) is 35.0 Å². The predicted octanol–water partition coefficient (Wildman–Crippen LogP) is 4.02. The summed E-state index contributed by atoms with van der Waals surface area (Å²) >= 11 is 0. The Morgan fingerprint density at radius 1 is 0.929 bits per heavy atom. The zero-order chi connectivity index (χ0) is 19.8. The summed E-state index contributed by atoms with van der Waals surface area (Å²) in [5, 5.41) is 2.89. The molecule has 1 aromatic heterocycles. The lowest BCUT2D eigenvalue weighted by Gasteiger charge is -2.24. The average Bonchev–Trinajstić information content (AvgIpc) is 3.22. The van der Waals surface area contributed by atoms with Gasteiger partial charge in [0.05, 0.1) is 12.8 Å². The Hall–Kier alpha value is -3.34. The molecule has 1 unspecified atom stereocenters. The third-order valence-corrected chi connectivity index (χ3v) is 4.39. The van der Waals surface area contributed by atoms with E-state index in [9.17, 15) is 9.59 Å². The lowest BCUT2D eigenvalue weighted by Crippen LogP contribution is -2.38. The van der Waals surface area contributed by atoms with E-state index < -0.39 is 0 Å². The number of rotatable bonds is 8. The van der Waals surface area contributed by atoms with Crippen molar-refractivity contribution in [2.45, 2.75) is 32.5 Å². The van der Waals surface area contributed by atoms with Gasteiger partial charge in [-0.1, -0.05) is 48.5 Å². The SMILES string of the molecule is CC(CC(=O)N(Cc1ccccc1)Cc1ccco1)NC(=O)c1ccccc1. The molecule has 0 spiro atoms. The molecule has 0 aliphatic carbocycles. The lowest BCUT2D eigenvalue weighted by molar-refractivity contribution is -0.133. The molecule has 5 nitrogen and oxygen atoms in total. The zero-order valence-corrected chi connectivity index (χ0v) is 15.9. The van der Waals surface area contributed by atoms with Crippen LogP contribution in [0, 0.1) is 0 Å². The van der Waals surface area contributed by atoms with E-state index in [1.165, 1.54) is 0 Å². The number of furan rings is 1. The highest BCUT2D eigenvalue weighted by Crippen LogP contribution is 2.13. The van der Waals surface area contributed by atoms with Gasteiger partial charge in [-0.3, -0.25) is 9.59 Å². The fraction of sp³-hybridized carbons (Fsp3) is 0.217. The maximum absolute atomic E-state index is 12.9. The van der Waals surface area contributed by atoms with E-state index in [-0.39, 0.29) is 24.3 Å². The van der Waals surface area contributed by atoms with Crippen molar-refractivity contribution < 1.29 is 14.0 Å².